The highest BCUT2D eigenvalue weighted by Crippen LogP contribution is 2.09. The van der Waals surface area contributed by atoms with Gasteiger partial charge in [0.15, 0.2) is 11.5 Å². The summed E-state index contributed by atoms with van der Waals surface area (Å²) in [5.41, 5.74) is 27.8. The molecule has 2 aromatic rings. The minimum absolute atomic E-state index is 0. The van der Waals surface area contributed by atoms with Gasteiger partial charge in [0.05, 0.1) is 6.33 Å². The van der Waals surface area contributed by atoms with Crippen molar-refractivity contribution in [2.75, 3.05) is 11.5 Å². The van der Waals surface area contributed by atoms with E-state index in [0.717, 1.165) is 10.9 Å². The Labute approximate surface area is 204 Å². The third-order valence-corrected chi connectivity index (χ3v) is 2.65. The van der Waals surface area contributed by atoms with E-state index in [2.05, 4.69) is 58.2 Å². The highest BCUT2D eigenvalue weighted by atomic mass is 35.5. The maximum Gasteiger partial charge on any atom is 0.435 e. The van der Waals surface area contributed by atoms with Gasteiger partial charge in [0.2, 0.25) is 0 Å². The van der Waals surface area contributed by atoms with Gasteiger partial charge in [-0.1, -0.05) is 7.43 Å². The fraction of sp³-hybridized carbons (Fsp3) is 0.0625. The van der Waals surface area contributed by atoms with E-state index < -0.39 is 17.9 Å². The third-order valence-electron chi connectivity index (χ3n) is 2.65. The topological polar surface area (TPSA) is 300 Å². The number of primary amides is 2. The number of rotatable bonds is 4. The van der Waals surface area contributed by atoms with Crippen molar-refractivity contribution in [1.29, 1.82) is 0 Å². The molecule has 0 saturated heterocycles. The lowest BCUT2D eigenvalue weighted by Crippen LogP contribution is -2.17. The molecular weight excluding hydrogens is 492 g/mol. The van der Waals surface area contributed by atoms with Gasteiger partial charge in [-0.05, 0) is 17.1 Å². The number of anilines is 2. The molecule has 0 saturated carbocycles. The maximum absolute atomic E-state index is 11.4. The zero-order chi connectivity index (χ0) is 25.2. The van der Waals surface area contributed by atoms with Crippen molar-refractivity contribution in [2.45, 2.75) is 7.43 Å². The van der Waals surface area contributed by atoms with Gasteiger partial charge in [0.1, 0.15) is 23.9 Å². The molecule has 2 amide bonds. The normalized spacial score (nSPS) is 8.00. The number of nitrogens with zero attached hydrogens (tertiary/aromatic N) is 7. The molecule has 2 heterocycles. The van der Waals surface area contributed by atoms with Crippen LogP contribution in [0.3, 0.4) is 0 Å². The fourth-order valence-corrected chi connectivity index (χ4v) is 1.44. The van der Waals surface area contributed by atoms with Gasteiger partial charge in [0, 0.05) is 13.3 Å². The fourth-order valence-electron chi connectivity index (χ4n) is 1.44. The highest BCUT2D eigenvalue weighted by molar-refractivity contribution is 5.97. The summed E-state index contributed by atoms with van der Waals surface area (Å²) < 4.78 is 5.25. The molecule has 18 nitrogen and oxygen atoms in total. The number of aromatic amines is 1. The number of amides is 2. The van der Waals surface area contributed by atoms with Gasteiger partial charge in [0.25, 0.3) is 11.8 Å². The molecule has 0 unspecified atom stereocenters. The van der Waals surface area contributed by atoms with Crippen LogP contribution in [-0.4, -0.2) is 42.7 Å². The van der Waals surface area contributed by atoms with Crippen LogP contribution in [0.5, 0.6) is 0 Å². The van der Waals surface area contributed by atoms with Gasteiger partial charge < -0.3 is 38.2 Å². The van der Waals surface area contributed by atoms with Crippen molar-refractivity contribution in [3.63, 3.8) is 0 Å². The van der Waals surface area contributed by atoms with Gasteiger partial charge in [-0.3, -0.25) is 14.8 Å². The minimum atomic E-state index is -0.942. The zero-order valence-corrected chi connectivity index (χ0v) is 17.4. The predicted molar refractivity (Wildman–Crippen MR) is 123 cm³/mol. The van der Waals surface area contributed by atoms with Gasteiger partial charge in [-0.15, -0.1) is 18.8 Å². The maximum atomic E-state index is 11.4. The summed E-state index contributed by atoms with van der Waals surface area (Å²) in [5, 5.41) is 14.1. The Morgan fingerprint density at radius 2 is 1.86 bits per heavy atom. The first-order chi connectivity index (χ1) is 15.7. The number of terminal acetylenes is 1. The molecule has 0 fully saturated rings. The summed E-state index contributed by atoms with van der Waals surface area (Å²) in [7, 11) is 0. The van der Waals surface area contributed by atoms with Crippen molar-refractivity contribution in [3.8, 4) is 36.2 Å². The summed E-state index contributed by atoms with van der Waals surface area (Å²) in [6.45, 7) is 0. The van der Waals surface area contributed by atoms with Crippen LogP contribution in [0.15, 0.2) is 28.4 Å². The Kier molecular flexibility index (Phi) is 18.5. The van der Waals surface area contributed by atoms with E-state index in [-0.39, 0.29) is 44.3 Å². The summed E-state index contributed by atoms with van der Waals surface area (Å²) in [4.78, 5) is 45.2. The Hall–Kier alpha value is -5.64. The summed E-state index contributed by atoms with van der Waals surface area (Å²) in [6, 6.07) is 0. The lowest BCUT2D eigenvalue weighted by molar-refractivity contribution is -0.251. The number of ether oxygens (including phenoxy) is 1. The number of nitrogens with two attached hydrogens (primary N) is 4. The second-order valence-corrected chi connectivity index (χ2v) is 4.57. The van der Waals surface area contributed by atoms with Crippen LogP contribution in [-0.2, 0) is 9.73 Å². The SMILES string of the molecule is C.C#CC#CC#COC(=O)n1cnc(C(N)=O)c1N.Cl.NC(=O)c1[nH]cnc1N.[HH].[N-]=N/N=N/OO. The van der Waals surface area contributed by atoms with Crippen LogP contribution in [0.4, 0.5) is 16.4 Å². The Balaban J connectivity index is -0.000000240. The van der Waals surface area contributed by atoms with Crippen LogP contribution in [0.2, 0.25) is 0 Å². The van der Waals surface area contributed by atoms with E-state index in [0.29, 0.717) is 0 Å². The first-order valence-electron chi connectivity index (χ1n) is 7.64. The number of hydrogen-bond donors (Lipinski definition) is 6. The second kappa shape index (κ2) is 19.1. The summed E-state index contributed by atoms with van der Waals surface area (Å²) >= 11 is 0. The number of nitrogens with one attached hydrogen (secondary N) is 1. The number of H-pyrrole nitrogens is 1. The van der Waals surface area contributed by atoms with E-state index in [1.165, 1.54) is 6.33 Å². The number of imidazole rings is 2. The Morgan fingerprint density at radius 3 is 2.23 bits per heavy atom. The molecule has 0 bridgehead atoms. The lowest BCUT2D eigenvalue weighted by Gasteiger charge is -1.99. The van der Waals surface area contributed by atoms with Crippen LogP contribution in [0.1, 0.15) is 29.8 Å². The third kappa shape index (κ3) is 12.7. The molecular formula is C16H20ClN12O6-. The first-order valence-corrected chi connectivity index (χ1v) is 7.64. The van der Waals surface area contributed by atoms with Crippen molar-refractivity contribution in [3.05, 3.63) is 29.6 Å². The molecule has 0 aliphatic rings. The molecule has 0 radical (unpaired) electrons. The average molecular weight is 512 g/mol. The second-order valence-electron chi connectivity index (χ2n) is 4.57. The number of carbonyl (C=O) groups excluding carboxylic acids is 3. The molecule has 10 N–H and O–H groups in total. The molecule has 188 valence electrons. The highest BCUT2D eigenvalue weighted by Gasteiger charge is 2.17. The summed E-state index contributed by atoms with van der Waals surface area (Å²) in [5.74, 6) is 7.08. The van der Waals surface area contributed by atoms with E-state index >= 15 is 0 Å². The van der Waals surface area contributed by atoms with E-state index in [1.807, 2.05) is 12.0 Å². The van der Waals surface area contributed by atoms with Crippen LogP contribution in [0, 0.1) is 36.2 Å². The minimum Gasteiger partial charge on any atom is -0.383 e. The van der Waals surface area contributed by atoms with E-state index in [9.17, 15) is 14.4 Å². The molecule has 0 aliphatic carbocycles. The van der Waals surface area contributed by atoms with Crippen molar-refractivity contribution in [1.82, 2.24) is 19.5 Å². The molecule has 2 rings (SSSR count). The van der Waals surface area contributed by atoms with E-state index in [4.69, 9.17) is 40.1 Å². The van der Waals surface area contributed by atoms with Gasteiger partial charge >= 0.3 is 6.09 Å². The van der Waals surface area contributed by atoms with E-state index in [1.54, 1.807) is 0 Å². The quantitative estimate of drug-likeness (QED) is 0.141. The van der Waals surface area contributed by atoms with Crippen molar-refractivity contribution < 1.29 is 30.8 Å². The molecule has 0 aliphatic heterocycles. The monoisotopic (exact) mass is 511 g/mol. The molecule has 19 heteroatoms. The van der Waals surface area contributed by atoms with Crippen molar-refractivity contribution >= 4 is 42.0 Å². The standard InChI is InChI=1S/C11H6N4O3.C4H6N4O.CH4.ClH.HN4O2.H2/c1-2-3-4-5-6-18-11(17)15-7-14-8(9(15)12)10(13)16;5-3-2(4(6)9)7-1-8-3;;;1-2-3-4-6-5;/h1,7H,12H2,(H2,13,16);1H,5H2,(H2,6,9)(H,7,8);1H4;1H;5H;1H/q;;;;-1;/b;;;;4-3+;. The van der Waals surface area contributed by atoms with Gasteiger partial charge in [-0.25, -0.2) is 29.5 Å². The molecule has 0 aromatic carbocycles. The first kappa shape index (κ1) is 34.0. The van der Waals surface area contributed by atoms with Crippen molar-refractivity contribution in [2.24, 2.45) is 27.2 Å². The molecule has 35 heavy (non-hydrogen) atoms. The number of hydrogen-bond acceptors (Lipinski definition) is 11. The number of carbonyl (C=O) groups is 3. The number of nitrogen functional groups attached to an aromatic ring is 2. The lowest BCUT2D eigenvalue weighted by atomic mass is 10.4. The largest absolute Gasteiger partial charge is 0.435 e. The van der Waals surface area contributed by atoms with Gasteiger partial charge in [-0.2, -0.15) is 5.26 Å². The molecule has 0 atom stereocenters. The predicted octanol–water partition coefficient (Wildman–Crippen LogP) is 0.321. The Bertz CT molecular complexity index is 1200. The Morgan fingerprint density at radius 1 is 1.20 bits per heavy atom. The number of aromatic nitrogens is 4. The van der Waals surface area contributed by atoms with Crippen LogP contribution in [0.25, 0.3) is 5.53 Å². The summed E-state index contributed by atoms with van der Waals surface area (Å²) in [6.07, 6.45) is 8.20. The zero-order valence-electron chi connectivity index (χ0n) is 16.6. The molecule has 2 aromatic heterocycles. The molecule has 0 spiro atoms. The van der Waals surface area contributed by atoms with Crippen LogP contribution < -0.4 is 22.9 Å². The smallest absolute Gasteiger partial charge is 0.383 e. The number of halogens is 1. The van der Waals surface area contributed by atoms with Crippen LogP contribution >= 0.6 is 12.4 Å². The average Bonchev–Trinajstić information content (AvgIpc) is 3.38.